The molecule has 3 rings (SSSR count). The Balaban J connectivity index is 1.76. The van der Waals surface area contributed by atoms with Crippen molar-refractivity contribution in [2.45, 2.75) is 39.7 Å². The van der Waals surface area contributed by atoms with Crippen molar-refractivity contribution >= 4 is 28.4 Å². The minimum Gasteiger partial charge on any atom is -0.408 e. The molecule has 1 aliphatic carbocycles. The molecule has 0 N–H and O–H groups in total. The lowest BCUT2D eigenvalue weighted by Gasteiger charge is -2.31. The minimum absolute atomic E-state index is 0.0496. The fourth-order valence-electron chi connectivity index (χ4n) is 3.34. The predicted octanol–water partition coefficient (Wildman–Crippen LogP) is 2.13. The van der Waals surface area contributed by atoms with Crippen molar-refractivity contribution in [3.63, 3.8) is 0 Å². The molecule has 1 aliphatic rings. The molecule has 2 aromatic rings. The standard InChI is InChI=1S/C18H19NO5/c1-18(2)9-13(21)16(14(22)10-18)12(20)7-8-19-11-5-3-4-6-15(11)24-17(19)23/h3-6,16H,7-10H2,1-2H3. The maximum absolute atomic E-state index is 12.4. The zero-order valence-electron chi connectivity index (χ0n) is 13.7. The predicted molar refractivity (Wildman–Crippen MR) is 86.6 cm³/mol. The van der Waals surface area contributed by atoms with Crippen LogP contribution in [0.1, 0.15) is 33.1 Å². The summed E-state index contributed by atoms with van der Waals surface area (Å²) in [5, 5.41) is 0. The van der Waals surface area contributed by atoms with Crippen LogP contribution in [-0.2, 0) is 20.9 Å². The van der Waals surface area contributed by atoms with E-state index in [0.29, 0.717) is 11.1 Å². The van der Waals surface area contributed by atoms with E-state index >= 15 is 0 Å². The maximum atomic E-state index is 12.4. The third kappa shape index (κ3) is 2.96. The van der Waals surface area contributed by atoms with Crippen molar-refractivity contribution < 1.29 is 18.8 Å². The number of Topliss-reactive ketones (excluding diaryl/α,β-unsaturated/α-hetero) is 3. The van der Waals surface area contributed by atoms with E-state index in [2.05, 4.69) is 0 Å². The fraction of sp³-hybridized carbons (Fsp3) is 0.444. The van der Waals surface area contributed by atoms with Crippen LogP contribution in [0.4, 0.5) is 0 Å². The van der Waals surface area contributed by atoms with Crippen LogP contribution >= 0.6 is 0 Å². The van der Waals surface area contributed by atoms with E-state index in [1.54, 1.807) is 24.3 Å². The van der Waals surface area contributed by atoms with Gasteiger partial charge in [-0.05, 0) is 17.5 Å². The molecule has 24 heavy (non-hydrogen) atoms. The first-order valence-corrected chi connectivity index (χ1v) is 7.95. The smallest absolute Gasteiger partial charge is 0.408 e. The van der Waals surface area contributed by atoms with Crippen LogP contribution in [0.5, 0.6) is 0 Å². The first kappa shape index (κ1) is 16.4. The average Bonchev–Trinajstić information content (AvgIpc) is 2.78. The second-order valence-electron chi connectivity index (χ2n) is 7.09. The lowest BCUT2D eigenvalue weighted by atomic mass is 9.70. The molecular weight excluding hydrogens is 310 g/mol. The zero-order valence-corrected chi connectivity index (χ0v) is 13.7. The van der Waals surface area contributed by atoms with E-state index < -0.39 is 17.5 Å². The average molecular weight is 329 g/mol. The molecule has 0 unspecified atom stereocenters. The molecule has 0 saturated heterocycles. The molecule has 0 bridgehead atoms. The van der Waals surface area contributed by atoms with Gasteiger partial charge in [-0.25, -0.2) is 4.79 Å². The molecule has 0 aliphatic heterocycles. The molecular formula is C18H19NO5. The molecule has 126 valence electrons. The van der Waals surface area contributed by atoms with Gasteiger partial charge in [0.05, 0.1) is 5.52 Å². The summed E-state index contributed by atoms with van der Waals surface area (Å²) in [7, 11) is 0. The molecule has 0 radical (unpaired) electrons. The van der Waals surface area contributed by atoms with Crippen molar-refractivity contribution in [3.05, 3.63) is 34.8 Å². The number of carbonyl (C=O) groups excluding carboxylic acids is 3. The monoisotopic (exact) mass is 329 g/mol. The van der Waals surface area contributed by atoms with Gasteiger partial charge in [0.2, 0.25) is 0 Å². The third-order valence-corrected chi connectivity index (χ3v) is 4.43. The largest absolute Gasteiger partial charge is 0.419 e. The first-order chi connectivity index (χ1) is 11.3. The Morgan fingerprint density at radius 1 is 1.17 bits per heavy atom. The minimum atomic E-state index is -1.17. The second kappa shape index (κ2) is 5.85. The highest BCUT2D eigenvalue weighted by atomic mass is 16.4. The van der Waals surface area contributed by atoms with Crippen LogP contribution in [0.2, 0.25) is 0 Å². The van der Waals surface area contributed by atoms with Gasteiger partial charge in [-0.15, -0.1) is 0 Å². The van der Waals surface area contributed by atoms with E-state index in [4.69, 9.17) is 4.42 Å². The molecule has 1 aromatic heterocycles. The highest BCUT2D eigenvalue weighted by Gasteiger charge is 2.42. The molecule has 1 heterocycles. The van der Waals surface area contributed by atoms with Crippen LogP contribution in [0.15, 0.2) is 33.5 Å². The Morgan fingerprint density at radius 3 is 2.46 bits per heavy atom. The number of ketones is 3. The fourth-order valence-corrected chi connectivity index (χ4v) is 3.34. The summed E-state index contributed by atoms with van der Waals surface area (Å²) in [4.78, 5) is 48.6. The van der Waals surface area contributed by atoms with Crippen molar-refractivity contribution in [1.29, 1.82) is 0 Å². The van der Waals surface area contributed by atoms with Gasteiger partial charge in [-0.2, -0.15) is 0 Å². The van der Waals surface area contributed by atoms with Crippen LogP contribution in [0.25, 0.3) is 11.1 Å². The van der Waals surface area contributed by atoms with Gasteiger partial charge in [-0.1, -0.05) is 26.0 Å². The number of rotatable bonds is 4. The molecule has 1 fully saturated rings. The summed E-state index contributed by atoms with van der Waals surface area (Å²) in [6.07, 6.45) is 0.402. The number of carbonyl (C=O) groups is 3. The normalized spacial score (nSPS) is 18.2. The van der Waals surface area contributed by atoms with Crippen LogP contribution in [-0.4, -0.2) is 21.9 Å². The van der Waals surface area contributed by atoms with Gasteiger partial charge >= 0.3 is 5.76 Å². The van der Waals surface area contributed by atoms with Crippen LogP contribution in [0, 0.1) is 11.3 Å². The number of nitrogens with zero attached hydrogens (tertiary/aromatic N) is 1. The van der Waals surface area contributed by atoms with Gasteiger partial charge in [-0.3, -0.25) is 19.0 Å². The maximum Gasteiger partial charge on any atom is 0.419 e. The third-order valence-electron chi connectivity index (χ3n) is 4.43. The molecule has 0 spiro atoms. The lowest BCUT2D eigenvalue weighted by molar-refractivity contribution is -0.145. The summed E-state index contributed by atoms with van der Waals surface area (Å²) in [5.41, 5.74) is 0.655. The van der Waals surface area contributed by atoms with Crippen molar-refractivity contribution in [2.24, 2.45) is 11.3 Å². The first-order valence-electron chi connectivity index (χ1n) is 7.95. The molecule has 6 heteroatoms. The number of aryl methyl sites for hydroxylation is 1. The van der Waals surface area contributed by atoms with Crippen LogP contribution in [0.3, 0.4) is 0 Å². The molecule has 0 atom stereocenters. The highest BCUT2D eigenvalue weighted by Crippen LogP contribution is 2.34. The number of oxazole rings is 1. The summed E-state index contributed by atoms with van der Waals surface area (Å²) >= 11 is 0. The lowest BCUT2D eigenvalue weighted by Crippen LogP contribution is -2.42. The Kier molecular flexibility index (Phi) is 3.99. The zero-order chi connectivity index (χ0) is 17.5. The van der Waals surface area contributed by atoms with Crippen molar-refractivity contribution in [2.75, 3.05) is 0 Å². The van der Waals surface area contributed by atoms with Gasteiger partial charge in [0, 0.05) is 25.8 Å². The number of aromatic nitrogens is 1. The SMILES string of the molecule is CC1(C)CC(=O)C(C(=O)CCn2c(=O)oc3ccccc32)C(=O)C1. The number of fused-ring (bicyclic) bond motifs is 1. The topological polar surface area (TPSA) is 86.3 Å². The van der Waals surface area contributed by atoms with Gasteiger partial charge in [0.25, 0.3) is 0 Å². The number of para-hydroxylation sites is 2. The number of benzene rings is 1. The molecule has 6 nitrogen and oxygen atoms in total. The highest BCUT2D eigenvalue weighted by molar-refractivity contribution is 6.20. The Hall–Kier alpha value is -2.50. The quantitative estimate of drug-likeness (QED) is 0.802. The van der Waals surface area contributed by atoms with Gasteiger partial charge < -0.3 is 4.42 Å². The molecule has 1 saturated carbocycles. The van der Waals surface area contributed by atoms with Crippen molar-refractivity contribution in [1.82, 2.24) is 4.57 Å². The Bertz CT molecular complexity index is 866. The van der Waals surface area contributed by atoms with Crippen molar-refractivity contribution in [3.8, 4) is 0 Å². The number of hydrogen-bond donors (Lipinski definition) is 0. The number of hydrogen-bond acceptors (Lipinski definition) is 5. The Morgan fingerprint density at radius 2 is 1.79 bits per heavy atom. The van der Waals surface area contributed by atoms with Crippen LogP contribution < -0.4 is 5.76 Å². The summed E-state index contributed by atoms with van der Waals surface area (Å²) in [6, 6.07) is 6.92. The van der Waals surface area contributed by atoms with E-state index in [-0.39, 0.29) is 42.8 Å². The second-order valence-corrected chi connectivity index (χ2v) is 7.09. The van der Waals surface area contributed by atoms with E-state index in [1.807, 2.05) is 13.8 Å². The summed E-state index contributed by atoms with van der Waals surface area (Å²) in [5.74, 6) is -2.77. The van der Waals surface area contributed by atoms with E-state index in [9.17, 15) is 19.2 Å². The Labute approximate surface area is 138 Å². The summed E-state index contributed by atoms with van der Waals surface area (Å²) < 4.78 is 6.46. The van der Waals surface area contributed by atoms with Gasteiger partial charge in [0.1, 0.15) is 5.92 Å². The van der Waals surface area contributed by atoms with E-state index in [1.165, 1.54) is 4.57 Å². The molecule has 1 aromatic carbocycles. The summed E-state index contributed by atoms with van der Waals surface area (Å²) in [6.45, 7) is 3.79. The van der Waals surface area contributed by atoms with E-state index in [0.717, 1.165) is 0 Å². The molecule has 0 amide bonds. The van der Waals surface area contributed by atoms with Gasteiger partial charge in [0.15, 0.2) is 22.9 Å².